The Hall–Kier alpha value is -1.08. The molecular weight excluding hydrogens is 277 g/mol. The van der Waals surface area contributed by atoms with Crippen LogP contribution in [0, 0.1) is 6.92 Å². The fourth-order valence-corrected chi connectivity index (χ4v) is 3.05. The van der Waals surface area contributed by atoms with E-state index < -0.39 is 24.8 Å². The molecule has 3 nitrogen and oxygen atoms in total. The van der Waals surface area contributed by atoms with Crippen LogP contribution in [0.3, 0.4) is 0 Å². The lowest BCUT2D eigenvalue weighted by Crippen LogP contribution is -2.33. The van der Waals surface area contributed by atoms with E-state index in [1.54, 1.807) is 6.92 Å². The molecule has 2 rings (SSSR count). The second kappa shape index (κ2) is 5.13. The highest BCUT2D eigenvalue weighted by molar-refractivity contribution is 7.12. The summed E-state index contributed by atoms with van der Waals surface area (Å²) >= 11 is 1.49. The predicted molar refractivity (Wildman–Crippen MR) is 66.8 cm³/mol. The number of nitrogens with one attached hydrogen (secondary N) is 1. The lowest BCUT2D eigenvalue weighted by atomic mass is 10.3. The van der Waals surface area contributed by atoms with Crippen LogP contribution in [0.4, 0.5) is 13.2 Å². The van der Waals surface area contributed by atoms with Gasteiger partial charge in [0.2, 0.25) is 5.91 Å². The molecule has 0 saturated carbocycles. The smallest absolute Gasteiger partial charge is 0.320 e. The second-order valence-electron chi connectivity index (χ2n) is 4.64. The van der Waals surface area contributed by atoms with Crippen LogP contribution in [-0.4, -0.2) is 29.6 Å². The summed E-state index contributed by atoms with van der Waals surface area (Å²) in [4.78, 5) is 15.1. The van der Waals surface area contributed by atoms with Crippen molar-refractivity contribution in [2.24, 2.45) is 0 Å². The van der Waals surface area contributed by atoms with Gasteiger partial charge in [-0.3, -0.25) is 10.1 Å². The van der Waals surface area contributed by atoms with Gasteiger partial charge in [0, 0.05) is 16.3 Å². The van der Waals surface area contributed by atoms with Crippen molar-refractivity contribution in [2.75, 3.05) is 6.54 Å². The van der Waals surface area contributed by atoms with Crippen LogP contribution in [0.2, 0.25) is 0 Å². The summed E-state index contributed by atoms with van der Waals surface area (Å²) in [7, 11) is 0. The number of alkyl halides is 3. The maximum absolute atomic E-state index is 12.3. The molecule has 2 heterocycles. The third kappa shape index (κ3) is 3.27. The molecule has 1 fully saturated rings. The van der Waals surface area contributed by atoms with Gasteiger partial charge in [-0.2, -0.15) is 13.2 Å². The van der Waals surface area contributed by atoms with Crippen molar-refractivity contribution in [3.63, 3.8) is 0 Å². The molecule has 1 saturated heterocycles. The summed E-state index contributed by atoms with van der Waals surface area (Å²) in [6.45, 7) is 3.29. The van der Waals surface area contributed by atoms with E-state index in [2.05, 4.69) is 5.32 Å². The van der Waals surface area contributed by atoms with Gasteiger partial charge in [-0.05, 0) is 26.0 Å². The molecule has 1 amide bonds. The van der Waals surface area contributed by atoms with E-state index in [4.69, 9.17) is 0 Å². The largest absolute Gasteiger partial charge is 0.390 e. The van der Waals surface area contributed by atoms with Crippen LogP contribution in [0.1, 0.15) is 29.3 Å². The number of aryl methyl sites for hydroxylation is 1. The van der Waals surface area contributed by atoms with Gasteiger partial charge < -0.3 is 4.90 Å². The van der Waals surface area contributed by atoms with Gasteiger partial charge in [0.25, 0.3) is 0 Å². The molecule has 1 aliphatic rings. The van der Waals surface area contributed by atoms with E-state index in [9.17, 15) is 18.0 Å². The maximum Gasteiger partial charge on any atom is 0.390 e. The van der Waals surface area contributed by atoms with E-state index >= 15 is 0 Å². The highest BCUT2D eigenvalue weighted by atomic mass is 32.1. The topological polar surface area (TPSA) is 32.3 Å². The zero-order valence-corrected chi connectivity index (χ0v) is 11.4. The molecule has 7 heteroatoms. The third-order valence-corrected chi connectivity index (χ3v) is 4.09. The Morgan fingerprint density at radius 3 is 2.63 bits per heavy atom. The van der Waals surface area contributed by atoms with Crippen molar-refractivity contribution in [1.82, 2.24) is 10.2 Å². The number of hydrogen-bond acceptors (Lipinski definition) is 3. The van der Waals surface area contributed by atoms with Crippen LogP contribution in [0.25, 0.3) is 0 Å². The minimum Gasteiger partial charge on any atom is -0.320 e. The van der Waals surface area contributed by atoms with Gasteiger partial charge in [0.15, 0.2) is 0 Å². The highest BCUT2D eigenvalue weighted by Gasteiger charge is 2.39. The van der Waals surface area contributed by atoms with Crippen LogP contribution in [-0.2, 0) is 4.79 Å². The number of carbonyl (C=O) groups is 1. The molecule has 19 heavy (non-hydrogen) atoms. The SMILES string of the molecule is Cc1ccc(C2NC(C)C(=O)N2CCC(F)(F)F)s1. The molecular formula is C12H15F3N2OS. The van der Waals surface area contributed by atoms with E-state index in [0.29, 0.717) is 0 Å². The number of nitrogens with zero attached hydrogens (tertiary/aromatic N) is 1. The molecule has 0 radical (unpaired) electrons. The fourth-order valence-electron chi connectivity index (χ4n) is 2.10. The van der Waals surface area contributed by atoms with E-state index in [0.717, 1.165) is 9.75 Å². The summed E-state index contributed by atoms with van der Waals surface area (Å²) in [5.41, 5.74) is 0. The minimum absolute atomic E-state index is 0.277. The molecule has 1 aliphatic heterocycles. The number of rotatable bonds is 3. The average molecular weight is 292 g/mol. The first-order chi connectivity index (χ1) is 8.78. The van der Waals surface area contributed by atoms with Crippen molar-refractivity contribution < 1.29 is 18.0 Å². The molecule has 0 aromatic carbocycles. The van der Waals surface area contributed by atoms with Crippen molar-refractivity contribution in [1.29, 1.82) is 0 Å². The Bertz CT molecular complexity index is 472. The molecule has 1 aromatic rings. The first-order valence-electron chi connectivity index (χ1n) is 5.97. The van der Waals surface area contributed by atoms with E-state index in [1.807, 2.05) is 19.1 Å². The molecule has 1 N–H and O–H groups in total. The zero-order chi connectivity index (χ0) is 14.2. The number of halogens is 3. The summed E-state index contributed by atoms with van der Waals surface area (Å²) in [6, 6.07) is 3.31. The van der Waals surface area contributed by atoms with Gasteiger partial charge in [0.1, 0.15) is 6.17 Å². The Morgan fingerprint density at radius 1 is 1.42 bits per heavy atom. The van der Waals surface area contributed by atoms with Gasteiger partial charge >= 0.3 is 6.18 Å². The maximum atomic E-state index is 12.3. The molecule has 106 valence electrons. The van der Waals surface area contributed by atoms with Crippen molar-refractivity contribution in [2.45, 2.75) is 38.7 Å². The number of amides is 1. The van der Waals surface area contributed by atoms with Gasteiger partial charge in [-0.25, -0.2) is 0 Å². The number of hydrogen-bond donors (Lipinski definition) is 1. The normalized spacial score (nSPS) is 24.3. The van der Waals surface area contributed by atoms with Gasteiger partial charge in [-0.1, -0.05) is 0 Å². The molecule has 0 spiro atoms. The summed E-state index contributed by atoms with van der Waals surface area (Å²) in [5, 5.41) is 3.04. The van der Waals surface area contributed by atoms with Crippen LogP contribution in [0.15, 0.2) is 12.1 Å². The molecule has 1 aromatic heterocycles. The summed E-state index contributed by atoms with van der Waals surface area (Å²) in [6.07, 6.45) is -5.67. The zero-order valence-electron chi connectivity index (χ0n) is 10.6. The monoisotopic (exact) mass is 292 g/mol. The Balaban J connectivity index is 2.14. The lowest BCUT2D eigenvalue weighted by Gasteiger charge is -2.23. The lowest BCUT2D eigenvalue weighted by molar-refractivity contribution is -0.145. The van der Waals surface area contributed by atoms with Crippen LogP contribution in [0.5, 0.6) is 0 Å². The van der Waals surface area contributed by atoms with Gasteiger partial charge in [0.05, 0.1) is 12.5 Å². The number of carbonyl (C=O) groups excluding carboxylic acids is 1. The van der Waals surface area contributed by atoms with Crippen molar-refractivity contribution in [3.05, 3.63) is 21.9 Å². The Labute approximate surface area is 113 Å². The van der Waals surface area contributed by atoms with E-state index in [-0.39, 0.29) is 12.5 Å². The summed E-state index contributed by atoms with van der Waals surface area (Å²) in [5.74, 6) is -0.277. The third-order valence-electron chi connectivity index (χ3n) is 3.04. The van der Waals surface area contributed by atoms with Crippen molar-refractivity contribution >= 4 is 17.2 Å². The Kier molecular flexibility index (Phi) is 3.87. The minimum atomic E-state index is -4.25. The van der Waals surface area contributed by atoms with E-state index in [1.165, 1.54) is 16.2 Å². The first kappa shape index (κ1) is 14.3. The van der Waals surface area contributed by atoms with Crippen LogP contribution < -0.4 is 5.32 Å². The molecule has 0 bridgehead atoms. The predicted octanol–water partition coefficient (Wildman–Crippen LogP) is 2.83. The molecule has 2 atom stereocenters. The number of thiophene rings is 1. The molecule has 2 unspecified atom stereocenters. The first-order valence-corrected chi connectivity index (χ1v) is 6.79. The summed E-state index contributed by atoms with van der Waals surface area (Å²) < 4.78 is 36.9. The average Bonchev–Trinajstić information content (AvgIpc) is 2.82. The highest BCUT2D eigenvalue weighted by Crippen LogP contribution is 2.31. The second-order valence-corrected chi connectivity index (χ2v) is 5.96. The quantitative estimate of drug-likeness (QED) is 0.929. The fraction of sp³-hybridized carbons (Fsp3) is 0.583. The standard InChI is InChI=1S/C12H15F3N2OS/c1-7-3-4-9(19-7)10-16-8(2)11(18)17(10)6-5-12(13,14)15/h3-4,8,10,16H,5-6H2,1-2H3. The van der Waals surface area contributed by atoms with Crippen LogP contribution >= 0.6 is 11.3 Å². The molecule has 0 aliphatic carbocycles. The Morgan fingerprint density at radius 2 is 2.11 bits per heavy atom. The van der Waals surface area contributed by atoms with Gasteiger partial charge in [-0.15, -0.1) is 11.3 Å². The van der Waals surface area contributed by atoms with Crippen molar-refractivity contribution in [3.8, 4) is 0 Å².